The van der Waals surface area contributed by atoms with E-state index in [-0.39, 0.29) is 10.6 Å². The number of halogens is 1. The van der Waals surface area contributed by atoms with Crippen LogP contribution in [0, 0.1) is 0 Å². The molecular formula is C16H13ClN2O2. The van der Waals surface area contributed by atoms with Gasteiger partial charge in [0.1, 0.15) is 0 Å². The van der Waals surface area contributed by atoms with E-state index in [2.05, 4.69) is 10.5 Å². The van der Waals surface area contributed by atoms with Gasteiger partial charge in [0.15, 0.2) is 0 Å². The number of carboxylic acid groups (broad SMARTS) is 1. The maximum atomic E-state index is 10.9. The van der Waals surface area contributed by atoms with Gasteiger partial charge < -0.3 is 5.11 Å². The first kappa shape index (κ1) is 14.8. The lowest BCUT2D eigenvalue weighted by atomic mass is 10.2. The van der Waals surface area contributed by atoms with Gasteiger partial charge in [-0.05, 0) is 29.8 Å². The number of carboxylic acids is 1. The lowest BCUT2D eigenvalue weighted by molar-refractivity contribution is 0.0697. The smallest absolute Gasteiger partial charge is 0.337 e. The molecule has 0 atom stereocenters. The Morgan fingerprint density at radius 3 is 2.67 bits per heavy atom. The largest absolute Gasteiger partial charge is 0.478 e. The van der Waals surface area contributed by atoms with Gasteiger partial charge in [-0.15, -0.1) is 0 Å². The van der Waals surface area contributed by atoms with Crippen molar-refractivity contribution >= 4 is 35.5 Å². The fourth-order valence-electron chi connectivity index (χ4n) is 1.63. The SMILES string of the molecule is O=C(O)c1cc(NN=C/C=C/c2ccccc2)ccc1Cl. The molecule has 0 heterocycles. The van der Waals surface area contributed by atoms with Crippen LogP contribution in [-0.2, 0) is 0 Å². The van der Waals surface area contributed by atoms with Crippen molar-refractivity contribution in [1.82, 2.24) is 0 Å². The molecule has 0 saturated heterocycles. The first-order valence-electron chi connectivity index (χ1n) is 6.20. The van der Waals surface area contributed by atoms with E-state index in [0.717, 1.165) is 5.56 Å². The van der Waals surface area contributed by atoms with Gasteiger partial charge in [-0.25, -0.2) is 4.79 Å². The highest BCUT2D eigenvalue weighted by Gasteiger charge is 2.08. The average Bonchev–Trinajstić information content (AvgIpc) is 2.49. The van der Waals surface area contributed by atoms with Gasteiger partial charge in [0, 0.05) is 6.21 Å². The van der Waals surface area contributed by atoms with Crippen LogP contribution >= 0.6 is 11.6 Å². The lowest BCUT2D eigenvalue weighted by Crippen LogP contribution is -1.99. The minimum atomic E-state index is -1.07. The topological polar surface area (TPSA) is 61.7 Å². The highest BCUT2D eigenvalue weighted by atomic mass is 35.5. The van der Waals surface area contributed by atoms with Crippen molar-refractivity contribution in [3.63, 3.8) is 0 Å². The number of nitrogens with one attached hydrogen (secondary N) is 1. The zero-order valence-corrected chi connectivity index (χ0v) is 11.8. The van der Waals surface area contributed by atoms with Gasteiger partial charge in [0.05, 0.1) is 16.3 Å². The van der Waals surface area contributed by atoms with E-state index in [1.165, 1.54) is 12.1 Å². The third-order valence-corrected chi connectivity index (χ3v) is 2.97. The quantitative estimate of drug-likeness (QED) is 0.644. The molecule has 0 aliphatic carbocycles. The van der Waals surface area contributed by atoms with Crippen molar-refractivity contribution in [2.24, 2.45) is 5.10 Å². The number of carbonyl (C=O) groups is 1. The van der Waals surface area contributed by atoms with Gasteiger partial charge in [0.25, 0.3) is 0 Å². The summed E-state index contributed by atoms with van der Waals surface area (Å²) in [4.78, 5) is 10.9. The fraction of sp³-hybridized carbons (Fsp3) is 0. The molecule has 0 aliphatic rings. The molecule has 2 aromatic carbocycles. The fourth-order valence-corrected chi connectivity index (χ4v) is 1.83. The summed E-state index contributed by atoms with van der Waals surface area (Å²) < 4.78 is 0. The summed E-state index contributed by atoms with van der Waals surface area (Å²) in [5.74, 6) is -1.07. The van der Waals surface area contributed by atoms with Crippen molar-refractivity contribution < 1.29 is 9.90 Å². The van der Waals surface area contributed by atoms with Gasteiger partial charge in [-0.2, -0.15) is 5.10 Å². The molecule has 0 amide bonds. The number of benzene rings is 2. The molecule has 0 fully saturated rings. The second kappa shape index (κ2) is 7.26. The zero-order chi connectivity index (χ0) is 15.1. The van der Waals surface area contributed by atoms with Crippen LogP contribution in [0.1, 0.15) is 15.9 Å². The van der Waals surface area contributed by atoms with E-state index >= 15 is 0 Å². The minimum absolute atomic E-state index is 0.0386. The number of hydrazone groups is 1. The minimum Gasteiger partial charge on any atom is -0.478 e. The Morgan fingerprint density at radius 1 is 1.19 bits per heavy atom. The molecule has 0 radical (unpaired) electrons. The van der Waals surface area contributed by atoms with Crippen molar-refractivity contribution in [3.05, 3.63) is 70.8 Å². The average molecular weight is 301 g/mol. The van der Waals surface area contributed by atoms with E-state index in [1.807, 2.05) is 36.4 Å². The van der Waals surface area contributed by atoms with Crippen LogP contribution in [0.3, 0.4) is 0 Å². The molecule has 0 bridgehead atoms. The lowest BCUT2D eigenvalue weighted by Gasteiger charge is -2.03. The van der Waals surface area contributed by atoms with Crippen molar-refractivity contribution in [1.29, 1.82) is 0 Å². The summed E-state index contributed by atoms with van der Waals surface area (Å²) >= 11 is 5.78. The molecule has 2 rings (SSSR count). The Morgan fingerprint density at radius 2 is 1.95 bits per heavy atom. The first-order valence-corrected chi connectivity index (χ1v) is 6.58. The molecule has 21 heavy (non-hydrogen) atoms. The highest BCUT2D eigenvalue weighted by molar-refractivity contribution is 6.33. The van der Waals surface area contributed by atoms with Crippen molar-refractivity contribution in [2.45, 2.75) is 0 Å². The van der Waals surface area contributed by atoms with Crippen LogP contribution in [0.2, 0.25) is 5.02 Å². The molecule has 0 unspecified atom stereocenters. The molecule has 2 aromatic rings. The Labute approximate surface area is 127 Å². The summed E-state index contributed by atoms with van der Waals surface area (Å²) in [6.45, 7) is 0. The predicted octanol–water partition coefficient (Wildman–Crippen LogP) is 4.15. The number of aromatic carboxylic acids is 1. The van der Waals surface area contributed by atoms with E-state index in [1.54, 1.807) is 18.4 Å². The number of hydrogen-bond acceptors (Lipinski definition) is 3. The Hall–Kier alpha value is -2.59. The van der Waals surface area contributed by atoms with E-state index < -0.39 is 5.97 Å². The second-order valence-corrected chi connectivity index (χ2v) is 4.57. The van der Waals surface area contributed by atoms with Crippen LogP contribution in [0.25, 0.3) is 6.08 Å². The van der Waals surface area contributed by atoms with Crippen molar-refractivity contribution in [2.75, 3.05) is 5.43 Å². The molecule has 4 nitrogen and oxygen atoms in total. The van der Waals surface area contributed by atoms with E-state index in [9.17, 15) is 4.79 Å². The number of anilines is 1. The van der Waals surface area contributed by atoms with Crippen LogP contribution < -0.4 is 5.43 Å². The Kier molecular flexibility index (Phi) is 5.12. The van der Waals surface area contributed by atoms with Crippen LogP contribution in [0.5, 0.6) is 0 Å². The molecule has 5 heteroatoms. The molecule has 0 saturated carbocycles. The van der Waals surface area contributed by atoms with Gasteiger partial charge in [-0.3, -0.25) is 5.43 Å². The standard InChI is InChI=1S/C16H13ClN2O2/c17-15-9-8-13(11-14(15)16(20)21)19-18-10-4-7-12-5-2-1-3-6-12/h1-11,19H,(H,20,21)/b7-4+,18-10?. The molecule has 0 aromatic heterocycles. The second-order valence-electron chi connectivity index (χ2n) is 4.16. The Balaban J connectivity index is 1.97. The maximum Gasteiger partial charge on any atom is 0.337 e. The summed E-state index contributed by atoms with van der Waals surface area (Å²) in [5, 5.41) is 13.1. The number of hydrogen-bond donors (Lipinski definition) is 2. The highest BCUT2D eigenvalue weighted by Crippen LogP contribution is 2.20. The van der Waals surface area contributed by atoms with E-state index in [0.29, 0.717) is 5.69 Å². The van der Waals surface area contributed by atoms with Crippen LogP contribution in [0.15, 0.2) is 59.7 Å². The van der Waals surface area contributed by atoms with Gasteiger partial charge in [0.2, 0.25) is 0 Å². The summed E-state index contributed by atoms with van der Waals surface area (Å²) in [5.41, 5.74) is 4.42. The maximum absolute atomic E-state index is 10.9. The molecule has 106 valence electrons. The summed E-state index contributed by atoms with van der Waals surface area (Å²) in [6, 6.07) is 14.4. The zero-order valence-electron chi connectivity index (χ0n) is 11.0. The molecule has 0 spiro atoms. The molecular weight excluding hydrogens is 288 g/mol. The monoisotopic (exact) mass is 300 g/mol. The first-order chi connectivity index (χ1) is 10.2. The predicted molar refractivity (Wildman–Crippen MR) is 86.0 cm³/mol. The summed E-state index contributed by atoms with van der Waals surface area (Å²) in [6.07, 6.45) is 5.29. The van der Waals surface area contributed by atoms with Crippen LogP contribution in [-0.4, -0.2) is 17.3 Å². The number of allylic oxidation sites excluding steroid dienone is 1. The number of rotatable bonds is 5. The Bertz CT molecular complexity index is 682. The van der Waals surface area contributed by atoms with Gasteiger partial charge >= 0.3 is 5.97 Å². The van der Waals surface area contributed by atoms with E-state index in [4.69, 9.17) is 16.7 Å². The van der Waals surface area contributed by atoms with Gasteiger partial charge in [-0.1, -0.05) is 48.0 Å². The van der Waals surface area contributed by atoms with Crippen molar-refractivity contribution in [3.8, 4) is 0 Å². The molecule has 0 aliphatic heterocycles. The summed E-state index contributed by atoms with van der Waals surface area (Å²) in [7, 11) is 0. The third-order valence-electron chi connectivity index (χ3n) is 2.64. The number of nitrogens with zero attached hydrogens (tertiary/aromatic N) is 1. The normalized spacial score (nSPS) is 11.1. The molecule has 2 N–H and O–H groups in total. The van der Waals surface area contributed by atoms with Crippen LogP contribution in [0.4, 0.5) is 5.69 Å². The third kappa shape index (κ3) is 4.47.